The van der Waals surface area contributed by atoms with Crippen molar-refractivity contribution in [2.45, 2.75) is 39.3 Å². The molecule has 1 aliphatic heterocycles. The molecule has 0 amide bonds. The first-order valence-electron chi connectivity index (χ1n) is 11.0. The van der Waals surface area contributed by atoms with E-state index in [9.17, 15) is 0 Å². The van der Waals surface area contributed by atoms with Gasteiger partial charge in [0.25, 0.3) is 0 Å². The van der Waals surface area contributed by atoms with Crippen LogP contribution in [0.2, 0.25) is 0 Å². The van der Waals surface area contributed by atoms with E-state index >= 15 is 0 Å². The highest BCUT2D eigenvalue weighted by atomic mass is 16.5. The molecule has 1 saturated heterocycles. The van der Waals surface area contributed by atoms with Gasteiger partial charge >= 0.3 is 11.9 Å². The minimum absolute atomic E-state index is 0.473. The molecule has 10 heteroatoms. The number of carboxylic acids is 2. The molecule has 0 aliphatic carbocycles. The van der Waals surface area contributed by atoms with E-state index in [1.54, 1.807) is 0 Å². The Morgan fingerprint density at radius 3 is 2.22 bits per heavy atom. The average Bonchev–Trinajstić information content (AvgIpc) is 3.13. The first-order chi connectivity index (χ1) is 15.5. The second-order valence-electron chi connectivity index (χ2n) is 7.34. The Morgan fingerprint density at radius 2 is 1.62 bits per heavy atom. The van der Waals surface area contributed by atoms with Crippen molar-refractivity contribution in [3.8, 4) is 0 Å². The number of ether oxygens (including phenoxy) is 2. The molecule has 0 spiro atoms. The van der Waals surface area contributed by atoms with Crippen LogP contribution in [-0.4, -0.2) is 88.7 Å². The van der Waals surface area contributed by atoms with Gasteiger partial charge in [-0.15, -0.1) is 0 Å². The standard InChI is InChI=1S/C20H32N4O2.C2H2O4/c1-3-25-15-13-23-11-9-17(10-12-23)21-20-22-18-7-5-6-8-19(18)24(20)14-16-26-4-2;3-1(4)2(5)6/h5-8,17H,3-4,9-16H2,1-2H3,(H,21,22);(H,3,4)(H,5,6). The van der Waals surface area contributed by atoms with Crippen LogP contribution in [0.4, 0.5) is 5.95 Å². The van der Waals surface area contributed by atoms with Crippen LogP contribution in [0.5, 0.6) is 0 Å². The van der Waals surface area contributed by atoms with Crippen LogP contribution in [0.15, 0.2) is 24.3 Å². The maximum Gasteiger partial charge on any atom is 0.414 e. The second-order valence-corrected chi connectivity index (χ2v) is 7.34. The predicted molar refractivity (Wildman–Crippen MR) is 121 cm³/mol. The Hall–Kier alpha value is -2.69. The van der Waals surface area contributed by atoms with Crippen molar-refractivity contribution in [2.75, 3.05) is 51.4 Å². The summed E-state index contributed by atoms with van der Waals surface area (Å²) < 4.78 is 13.3. The summed E-state index contributed by atoms with van der Waals surface area (Å²) in [7, 11) is 0. The molecule has 0 atom stereocenters. The molecule has 1 aliphatic rings. The number of carbonyl (C=O) groups is 2. The maximum absolute atomic E-state index is 9.10. The molecular weight excluding hydrogens is 416 g/mol. The Balaban J connectivity index is 0.000000534. The number of likely N-dealkylation sites (tertiary alicyclic amines) is 1. The van der Waals surface area contributed by atoms with E-state index in [4.69, 9.17) is 34.3 Å². The number of anilines is 1. The van der Waals surface area contributed by atoms with Crippen molar-refractivity contribution in [3.63, 3.8) is 0 Å². The number of imidazole rings is 1. The summed E-state index contributed by atoms with van der Waals surface area (Å²) in [5.41, 5.74) is 2.21. The monoisotopic (exact) mass is 450 g/mol. The van der Waals surface area contributed by atoms with Crippen LogP contribution < -0.4 is 5.32 Å². The highest BCUT2D eigenvalue weighted by molar-refractivity contribution is 6.27. The molecule has 0 saturated carbocycles. The summed E-state index contributed by atoms with van der Waals surface area (Å²) in [6.45, 7) is 11.3. The van der Waals surface area contributed by atoms with Crippen molar-refractivity contribution in [2.24, 2.45) is 0 Å². The van der Waals surface area contributed by atoms with E-state index in [1.165, 1.54) is 5.52 Å². The minimum Gasteiger partial charge on any atom is -0.473 e. The number of fused-ring (bicyclic) bond motifs is 1. The van der Waals surface area contributed by atoms with Crippen molar-refractivity contribution in [1.82, 2.24) is 14.5 Å². The smallest absolute Gasteiger partial charge is 0.414 e. The molecule has 3 rings (SSSR count). The fraction of sp³-hybridized carbons (Fsp3) is 0.591. The lowest BCUT2D eigenvalue weighted by molar-refractivity contribution is -0.159. The number of aromatic nitrogens is 2. The first kappa shape index (κ1) is 25.6. The Labute approximate surface area is 188 Å². The molecule has 0 bridgehead atoms. The Kier molecular flexibility index (Phi) is 10.9. The van der Waals surface area contributed by atoms with E-state index in [-0.39, 0.29) is 0 Å². The Morgan fingerprint density at radius 1 is 1.03 bits per heavy atom. The van der Waals surface area contributed by atoms with Gasteiger partial charge < -0.3 is 34.5 Å². The third-order valence-corrected chi connectivity index (χ3v) is 5.18. The predicted octanol–water partition coefficient (Wildman–Crippen LogP) is 2.14. The van der Waals surface area contributed by atoms with Crippen LogP contribution in [-0.2, 0) is 25.6 Å². The molecular formula is C22H34N4O6. The number of hydrogen-bond acceptors (Lipinski definition) is 7. The van der Waals surface area contributed by atoms with Gasteiger partial charge in [0, 0.05) is 45.4 Å². The van der Waals surface area contributed by atoms with E-state index in [0.717, 1.165) is 70.3 Å². The van der Waals surface area contributed by atoms with E-state index in [0.29, 0.717) is 12.6 Å². The van der Waals surface area contributed by atoms with Crippen molar-refractivity contribution >= 4 is 28.9 Å². The molecule has 3 N–H and O–H groups in total. The zero-order chi connectivity index (χ0) is 23.3. The van der Waals surface area contributed by atoms with E-state index < -0.39 is 11.9 Å². The normalized spacial score (nSPS) is 14.7. The lowest BCUT2D eigenvalue weighted by Crippen LogP contribution is -2.41. The van der Waals surface area contributed by atoms with Crippen LogP contribution in [0.3, 0.4) is 0 Å². The van der Waals surface area contributed by atoms with Crippen LogP contribution in [0.25, 0.3) is 11.0 Å². The zero-order valence-corrected chi connectivity index (χ0v) is 18.8. The minimum atomic E-state index is -1.82. The van der Waals surface area contributed by atoms with Gasteiger partial charge in [0.2, 0.25) is 5.95 Å². The molecule has 1 fully saturated rings. The van der Waals surface area contributed by atoms with Crippen molar-refractivity contribution < 1.29 is 29.3 Å². The summed E-state index contributed by atoms with van der Waals surface area (Å²) in [5, 5.41) is 18.5. The second kappa shape index (κ2) is 13.7. The molecule has 32 heavy (non-hydrogen) atoms. The average molecular weight is 451 g/mol. The summed E-state index contributed by atoms with van der Waals surface area (Å²) in [6.07, 6.45) is 2.28. The topological polar surface area (TPSA) is 126 Å². The van der Waals surface area contributed by atoms with Crippen LogP contribution in [0.1, 0.15) is 26.7 Å². The van der Waals surface area contributed by atoms with Gasteiger partial charge in [0.05, 0.1) is 24.2 Å². The van der Waals surface area contributed by atoms with Gasteiger partial charge in [-0.1, -0.05) is 12.1 Å². The quantitative estimate of drug-likeness (QED) is 0.369. The number of nitrogens with one attached hydrogen (secondary N) is 1. The largest absolute Gasteiger partial charge is 0.473 e. The van der Waals surface area contributed by atoms with Gasteiger partial charge in [-0.3, -0.25) is 0 Å². The summed E-state index contributed by atoms with van der Waals surface area (Å²) in [4.78, 5) is 25.5. The fourth-order valence-corrected chi connectivity index (χ4v) is 3.53. The van der Waals surface area contributed by atoms with Crippen LogP contribution in [0, 0.1) is 0 Å². The molecule has 1 aromatic heterocycles. The van der Waals surface area contributed by atoms with Crippen LogP contribution >= 0.6 is 0 Å². The zero-order valence-electron chi connectivity index (χ0n) is 18.8. The molecule has 1 aromatic carbocycles. The summed E-state index contributed by atoms with van der Waals surface area (Å²) in [5.74, 6) is -2.68. The van der Waals surface area contributed by atoms with Gasteiger partial charge in [0.1, 0.15) is 0 Å². The number of piperidine rings is 1. The Bertz CT molecular complexity index is 836. The number of para-hydroxylation sites is 2. The van der Waals surface area contributed by atoms with Gasteiger partial charge in [0.15, 0.2) is 0 Å². The first-order valence-corrected chi connectivity index (χ1v) is 11.0. The number of hydrogen-bond donors (Lipinski definition) is 3. The van der Waals surface area contributed by atoms with Gasteiger partial charge in [-0.25, -0.2) is 14.6 Å². The SMILES string of the molecule is CCOCCN1CCC(Nc2nc3ccccc3n2CCOCC)CC1.O=C(O)C(=O)O. The molecule has 0 unspecified atom stereocenters. The number of aliphatic carboxylic acids is 2. The molecule has 10 nitrogen and oxygen atoms in total. The number of nitrogens with zero attached hydrogens (tertiary/aromatic N) is 3. The number of benzene rings is 1. The third-order valence-electron chi connectivity index (χ3n) is 5.18. The lowest BCUT2D eigenvalue weighted by atomic mass is 10.1. The molecule has 178 valence electrons. The molecule has 2 aromatic rings. The fourth-order valence-electron chi connectivity index (χ4n) is 3.53. The maximum atomic E-state index is 9.10. The van der Waals surface area contributed by atoms with E-state index in [2.05, 4.69) is 33.0 Å². The number of rotatable bonds is 10. The summed E-state index contributed by atoms with van der Waals surface area (Å²) in [6, 6.07) is 8.80. The molecule has 2 heterocycles. The van der Waals surface area contributed by atoms with Gasteiger partial charge in [-0.2, -0.15) is 0 Å². The highest BCUT2D eigenvalue weighted by Gasteiger charge is 2.21. The lowest BCUT2D eigenvalue weighted by Gasteiger charge is -2.32. The highest BCUT2D eigenvalue weighted by Crippen LogP contribution is 2.22. The van der Waals surface area contributed by atoms with Gasteiger partial charge in [-0.05, 0) is 38.8 Å². The number of carboxylic acid groups (broad SMARTS) is 2. The van der Waals surface area contributed by atoms with E-state index in [1.807, 2.05) is 19.9 Å². The van der Waals surface area contributed by atoms with Crippen molar-refractivity contribution in [1.29, 1.82) is 0 Å². The summed E-state index contributed by atoms with van der Waals surface area (Å²) >= 11 is 0. The van der Waals surface area contributed by atoms with Crippen molar-refractivity contribution in [3.05, 3.63) is 24.3 Å². The third kappa shape index (κ3) is 8.10. The molecule has 0 radical (unpaired) electrons.